The van der Waals surface area contributed by atoms with Gasteiger partial charge in [-0.1, -0.05) is 11.6 Å². The van der Waals surface area contributed by atoms with Crippen molar-refractivity contribution < 1.29 is 9.53 Å². The van der Waals surface area contributed by atoms with Crippen molar-refractivity contribution in [1.82, 2.24) is 10.3 Å². The average molecular weight is 345 g/mol. The zero-order valence-corrected chi connectivity index (χ0v) is 13.7. The molecule has 0 bridgehead atoms. The van der Waals surface area contributed by atoms with Crippen molar-refractivity contribution in [2.45, 2.75) is 37.8 Å². The number of hydrogen-bond donors (Lipinski definition) is 2. The second-order valence-corrected chi connectivity index (χ2v) is 6.71. The Bertz CT molecular complexity index is 862. The van der Waals surface area contributed by atoms with Gasteiger partial charge in [0.15, 0.2) is 6.10 Å². The zero-order valence-electron chi connectivity index (χ0n) is 13.0. The Hall–Kier alpha value is -2.27. The van der Waals surface area contributed by atoms with E-state index in [2.05, 4.69) is 10.3 Å². The van der Waals surface area contributed by atoms with E-state index in [0.29, 0.717) is 17.2 Å². The number of aromatic nitrogens is 1. The monoisotopic (exact) mass is 344 g/mol. The van der Waals surface area contributed by atoms with Crippen LogP contribution in [-0.4, -0.2) is 17.0 Å². The summed E-state index contributed by atoms with van der Waals surface area (Å²) in [6.45, 7) is 0. The molecule has 0 radical (unpaired) electrons. The molecule has 2 aromatic rings. The highest BCUT2D eigenvalue weighted by atomic mass is 35.5. The van der Waals surface area contributed by atoms with Crippen LogP contribution in [0, 0.1) is 0 Å². The lowest BCUT2D eigenvalue weighted by atomic mass is 9.91. The van der Waals surface area contributed by atoms with Gasteiger partial charge < -0.3 is 15.0 Å². The van der Waals surface area contributed by atoms with E-state index in [9.17, 15) is 9.59 Å². The summed E-state index contributed by atoms with van der Waals surface area (Å²) in [6.07, 6.45) is 2.61. The molecule has 0 fully saturated rings. The molecule has 0 saturated carbocycles. The van der Waals surface area contributed by atoms with Crippen molar-refractivity contribution >= 4 is 17.5 Å². The summed E-state index contributed by atoms with van der Waals surface area (Å²) in [7, 11) is 0. The highest BCUT2D eigenvalue weighted by Crippen LogP contribution is 2.32. The molecule has 1 amide bonds. The highest BCUT2D eigenvalue weighted by Gasteiger charge is 2.32. The number of pyridine rings is 1. The molecule has 6 heteroatoms. The van der Waals surface area contributed by atoms with Gasteiger partial charge in [-0.2, -0.15) is 0 Å². The number of aryl methyl sites for hydroxylation is 1. The Morgan fingerprint density at radius 3 is 3.04 bits per heavy atom. The van der Waals surface area contributed by atoms with E-state index in [1.807, 2.05) is 12.1 Å². The maximum absolute atomic E-state index is 12.6. The lowest BCUT2D eigenvalue weighted by Crippen LogP contribution is -2.40. The summed E-state index contributed by atoms with van der Waals surface area (Å²) in [5.74, 6) is 0.583. The van der Waals surface area contributed by atoms with Gasteiger partial charge >= 0.3 is 0 Å². The molecule has 124 valence electrons. The Morgan fingerprint density at radius 2 is 2.17 bits per heavy atom. The molecule has 5 nitrogen and oxygen atoms in total. The smallest absolute Gasteiger partial charge is 0.261 e. The van der Waals surface area contributed by atoms with Gasteiger partial charge in [0.1, 0.15) is 5.75 Å². The van der Waals surface area contributed by atoms with Crippen LogP contribution in [0.5, 0.6) is 5.75 Å². The molecular formula is C18H17ClN2O3. The fraction of sp³-hybridized carbons (Fsp3) is 0.333. The SMILES string of the molecule is O=C(N[C@H]1CCCc2[nH]c(=O)ccc21)[C@@H]1Cc2cc(Cl)ccc2O1. The van der Waals surface area contributed by atoms with Gasteiger partial charge in [-0.05, 0) is 54.7 Å². The summed E-state index contributed by atoms with van der Waals surface area (Å²) >= 11 is 5.99. The zero-order chi connectivity index (χ0) is 16.7. The van der Waals surface area contributed by atoms with Gasteiger partial charge in [0.25, 0.3) is 5.91 Å². The highest BCUT2D eigenvalue weighted by molar-refractivity contribution is 6.30. The Morgan fingerprint density at radius 1 is 1.29 bits per heavy atom. The Kier molecular flexibility index (Phi) is 3.81. The number of amides is 1. The number of rotatable bonds is 2. The topological polar surface area (TPSA) is 71.2 Å². The molecule has 2 heterocycles. The summed E-state index contributed by atoms with van der Waals surface area (Å²) in [5, 5.41) is 3.71. The molecule has 2 N–H and O–H groups in total. The second-order valence-electron chi connectivity index (χ2n) is 6.27. The number of benzene rings is 1. The van der Waals surface area contributed by atoms with Gasteiger partial charge in [-0.3, -0.25) is 9.59 Å². The lowest BCUT2D eigenvalue weighted by Gasteiger charge is -2.26. The minimum absolute atomic E-state index is 0.0889. The molecule has 0 spiro atoms. The number of carbonyl (C=O) groups excluding carboxylic acids is 1. The van der Waals surface area contributed by atoms with Crippen LogP contribution in [0.1, 0.15) is 35.7 Å². The predicted octanol–water partition coefficient (Wildman–Crippen LogP) is 2.53. The van der Waals surface area contributed by atoms with Crippen molar-refractivity contribution in [2.24, 2.45) is 0 Å². The normalized spacial score (nSPS) is 21.5. The number of H-pyrrole nitrogens is 1. The number of halogens is 1. The summed E-state index contributed by atoms with van der Waals surface area (Å²) in [4.78, 5) is 26.9. The Labute approximate surface area is 144 Å². The molecule has 0 unspecified atom stereocenters. The van der Waals surface area contributed by atoms with E-state index in [4.69, 9.17) is 16.3 Å². The standard InChI is InChI=1S/C18H17ClN2O3/c19-11-4-6-15-10(8-11)9-16(24-15)18(23)21-14-3-1-2-13-12(14)5-7-17(22)20-13/h4-8,14,16H,1-3,9H2,(H,20,22)(H,21,23)/t14-,16-/m0/s1. The predicted molar refractivity (Wildman–Crippen MR) is 90.5 cm³/mol. The number of aromatic amines is 1. The molecule has 4 rings (SSSR count). The van der Waals surface area contributed by atoms with Crippen molar-refractivity contribution in [1.29, 1.82) is 0 Å². The third kappa shape index (κ3) is 2.80. The molecule has 24 heavy (non-hydrogen) atoms. The van der Waals surface area contributed by atoms with Crippen molar-refractivity contribution in [3.63, 3.8) is 0 Å². The molecule has 2 aliphatic rings. The van der Waals surface area contributed by atoms with Crippen LogP contribution in [0.4, 0.5) is 0 Å². The number of ether oxygens (including phenoxy) is 1. The second kappa shape index (κ2) is 5.98. The summed E-state index contributed by atoms with van der Waals surface area (Å²) < 4.78 is 5.74. The first-order valence-electron chi connectivity index (χ1n) is 8.08. The van der Waals surface area contributed by atoms with E-state index < -0.39 is 6.10 Å². The number of nitrogens with one attached hydrogen (secondary N) is 2. The minimum Gasteiger partial charge on any atom is -0.480 e. The van der Waals surface area contributed by atoms with E-state index >= 15 is 0 Å². The number of hydrogen-bond acceptors (Lipinski definition) is 3. The van der Waals surface area contributed by atoms with E-state index in [-0.39, 0.29) is 17.5 Å². The number of fused-ring (bicyclic) bond motifs is 2. The molecule has 0 saturated heterocycles. The van der Waals surface area contributed by atoms with Crippen molar-refractivity contribution in [3.05, 3.63) is 62.5 Å². The average Bonchev–Trinajstić information content (AvgIpc) is 2.98. The molecule has 2 atom stereocenters. The molecule has 1 aromatic heterocycles. The molecule has 1 aromatic carbocycles. The molecular weight excluding hydrogens is 328 g/mol. The van der Waals surface area contributed by atoms with Crippen molar-refractivity contribution in [3.8, 4) is 5.75 Å². The van der Waals surface area contributed by atoms with Crippen LogP contribution in [-0.2, 0) is 17.6 Å². The van der Waals surface area contributed by atoms with Crippen LogP contribution in [0.2, 0.25) is 5.02 Å². The van der Waals surface area contributed by atoms with Crippen LogP contribution in [0.25, 0.3) is 0 Å². The molecule has 1 aliphatic carbocycles. The van der Waals surface area contributed by atoms with Crippen LogP contribution < -0.4 is 15.6 Å². The van der Waals surface area contributed by atoms with E-state index in [1.165, 1.54) is 6.07 Å². The van der Waals surface area contributed by atoms with Crippen LogP contribution in [0.15, 0.2) is 35.1 Å². The van der Waals surface area contributed by atoms with Crippen molar-refractivity contribution in [2.75, 3.05) is 0 Å². The van der Waals surface area contributed by atoms with Gasteiger partial charge in [0.2, 0.25) is 5.56 Å². The lowest BCUT2D eigenvalue weighted by molar-refractivity contribution is -0.128. The first kappa shape index (κ1) is 15.3. The first-order valence-corrected chi connectivity index (χ1v) is 8.45. The summed E-state index contributed by atoms with van der Waals surface area (Å²) in [6, 6.07) is 8.62. The van der Waals surface area contributed by atoms with Gasteiger partial charge in [0, 0.05) is 23.2 Å². The van der Waals surface area contributed by atoms with Gasteiger partial charge in [-0.25, -0.2) is 0 Å². The van der Waals surface area contributed by atoms with Crippen LogP contribution >= 0.6 is 11.6 Å². The van der Waals surface area contributed by atoms with E-state index in [0.717, 1.165) is 36.1 Å². The Balaban J connectivity index is 1.49. The fourth-order valence-corrected chi connectivity index (χ4v) is 3.67. The van der Waals surface area contributed by atoms with Gasteiger partial charge in [0.05, 0.1) is 6.04 Å². The maximum Gasteiger partial charge on any atom is 0.261 e. The third-order valence-corrected chi connectivity index (χ3v) is 4.87. The maximum atomic E-state index is 12.6. The van der Waals surface area contributed by atoms with E-state index in [1.54, 1.807) is 12.1 Å². The summed E-state index contributed by atoms with van der Waals surface area (Å²) in [5.41, 5.74) is 2.76. The van der Waals surface area contributed by atoms with Crippen LogP contribution in [0.3, 0.4) is 0 Å². The first-order chi connectivity index (χ1) is 11.6. The molecule has 1 aliphatic heterocycles. The quantitative estimate of drug-likeness (QED) is 0.879. The van der Waals surface area contributed by atoms with Gasteiger partial charge in [-0.15, -0.1) is 0 Å². The largest absolute Gasteiger partial charge is 0.480 e. The third-order valence-electron chi connectivity index (χ3n) is 4.64. The number of carbonyl (C=O) groups is 1. The minimum atomic E-state index is -0.536. The fourth-order valence-electron chi connectivity index (χ4n) is 3.48.